The summed E-state index contributed by atoms with van der Waals surface area (Å²) in [7, 11) is 0. The zero-order chi connectivity index (χ0) is 15.2. The number of hydrogen-bond acceptors (Lipinski definition) is 4. The van der Waals surface area contributed by atoms with E-state index in [2.05, 4.69) is 11.8 Å². The third-order valence-electron chi connectivity index (χ3n) is 3.58. The zero-order valence-electron chi connectivity index (χ0n) is 13.5. The molecule has 0 aliphatic carbocycles. The van der Waals surface area contributed by atoms with E-state index in [0.717, 1.165) is 19.6 Å². The molecule has 0 radical (unpaired) electrons. The second kappa shape index (κ2) is 7.84. The highest BCUT2D eigenvalue weighted by Crippen LogP contribution is 2.15. The Morgan fingerprint density at radius 3 is 2.55 bits per heavy atom. The summed E-state index contributed by atoms with van der Waals surface area (Å²) < 4.78 is 5.43. The van der Waals surface area contributed by atoms with E-state index in [1.54, 1.807) is 4.90 Å². The fourth-order valence-electron chi connectivity index (χ4n) is 2.47. The Morgan fingerprint density at radius 1 is 1.30 bits per heavy atom. The van der Waals surface area contributed by atoms with Crippen LogP contribution in [0.15, 0.2) is 0 Å². The molecular weight excluding hydrogens is 254 g/mol. The van der Waals surface area contributed by atoms with Crippen molar-refractivity contribution in [2.45, 2.75) is 58.6 Å². The van der Waals surface area contributed by atoms with Gasteiger partial charge in [0.1, 0.15) is 5.60 Å². The Morgan fingerprint density at radius 2 is 2.00 bits per heavy atom. The molecule has 1 rings (SSSR count). The third-order valence-corrected chi connectivity index (χ3v) is 3.58. The first kappa shape index (κ1) is 17.2. The minimum Gasteiger partial charge on any atom is -0.444 e. The van der Waals surface area contributed by atoms with Crippen molar-refractivity contribution in [1.29, 1.82) is 0 Å². The Kier molecular flexibility index (Phi) is 6.76. The van der Waals surface area contributed by atoms with Gasteiger partial charge in [0.15, 0.2) is 0 Å². The lowest BCUT2D eigenvalue weighted by molar-refractivity contribution is 0.00461. The second-order valence-corrected chi connectivity index (χ2v) is 6.56. The standard InChI is InChI=1S/C15H31N3O2/c1-5-6-7-8-17-9-10-18(12-13(17)11-16)14(19)20-15(2,3)4/h13H,5-12,16H2,1-4H3. The van der Waals surface area contributed by atoms with Gasteiger partial charge in [0.2, 0.25) is 0 Å². The maximum absolute atomic E-state index is 12.1. The summed E-state index contributed by atoms with van der Waals surface area (Å²) in [4.78, 5) is 16.3. The van der Waals surface area contributed by atoms with E-state index in [9.17, 15) is 4.79 Å². The van der Waals surface area contributed by atoms with E-state index in [1.807, 2.05) is 20.8 Å². The molecule has 5 heteroatoms. The highest BCUT2D eigenvalue weighted by atomic mass is 16.6. The summed E-state index contributed by atoms with van der Waals surface area (Å²) in [6, 6.07) is 0.258. The minimum absolute atomic E-state index is 0.218. The molecule has 1 aliphatic heterocycles. The molecule has 1 amide bonds. The monoisotopic (exact) mass is 285 g/mol. The predicted molar refractivity (Wildman–Crippen MR) is 81.7 cm³/mol. The molecule has 1 heterocycles. The summed E-state index contributed by atoms with van der Waals surface area (Å²) in [5, 5.41) is 0. The van der Waals surface area contributed by atoms with Crippen molar-refractivity contribution in [1.82, 2.24) is 9.80 Å². The second-order valence-electron chi connectivity index (χ2n) is 6.56. The fraction of sp³-hybridized carbons (Fsp3) is 0.933. The van der Waals surface area contributed by atoms with Crippen LogP contribution in [-0.4, -0.2) is 60.3 Å². The Hall–Kier alpha value is -0.810. The van der Waals surface area contributed by atoms with Crippen molar-refractivity contribution in [3.05, 3.63) is 0 Å². The van der Waals surface area contributed by atoms with Crippen LogP contribution in [0.25, 0.3) is 0 Å². The van der Waals surface area contributed by atoms with Gasteiger partial charge in [-0.15, -0.1) is 0 Å². The summed E-state index contributed by atoms with van der Waals surface area (Å²) in [6.45, 7) is 11.9. The molecule has 0 saturated carbocycles. The van der Waals surface area contributed by atoms with Crippen LogP contribution in [0.3, 0.4) is 0 Å². The van der Waals surface area contributed by atoms with Crippen LogP contribution >= 0.6 is 0 Å². The van der Waals surface area contributed by atoms with E-state index in [0.29, 0.717) is 13.1 Å². The van der Waals surface area contributed by atoms with Gasteiger partial charge in [-0.1, -0.05) is 19.8 Å². The average molecular weight is 285 g/mol. The van der Waals surface area contributed by atoms with Gasteiger partial charge in [0.25, 0.3) is 0 Å². The summed E-state index contributed by atoms with van der Waals surface area (Å²) >= 11 is 0. The Labute approximate surface area is 123 Å². The number of carbonyl (C=O) groups excluding carboxylic acids is 1. The molecule has 0 aromatic carbocycles. The van der Waals surface area contributed by atoms with Gasteiger partial charge in [0, 0.05) is 32.2 Å². The maximum Gasteiger partial charge on any atom is 0.410 e. The number of rotatable bonds is 5. The molecule has 118 valence electrons. The van der Waals surface area contributed by atoms with Crippen molar-refractivity contribution in [2.24, 2.45) is 5.73 Å². The highest BCUT2D eigenvalue weighted by Gasteiger charge is 2.30. The Balaban J connectivity index is 2.47. The summed E-state index contributed by atoms with van der Waals surface area (Å²) in [5.41, 5.74) is 5.43. The third kappa shape index (κ3) is 5.67. The molecule has 1 atom stereocenters. The first-order chi connectivity index (χ1) is 9.37. The number of amides is 1. The van der Waals surface area contributed by atoms with Crippen LogP contribution in [0, 0.1) is 0 Å². The van der Waals surface area contributed by atoms with E-state index in [4.69, 9.17) is 10.5 Å². The molecule has 0 bridgehead atoms. The minimum atomic E-state index is -0.437. The molecule has 0 aromatic rings. The summed E-state index contributed by atoms with van der Waals surface area (Å²) in [5.74, 6) is 0. The molecule has 20 heavy (non-hydrogen) atoms. The van der Waals surface area contributed by atoms with Gasteiger partial charge in [-0.3, -0.25) is 4.90 Å². The first-order valence-corrected chi connectivity index (χ1v) is 7.79. The molecular formula is C15H31N3O2. The van der Waals surface area contributed by atoms with Crippen molar-refractivity contribution in [3.8, 4) is 0 Å². The van der Waals surface area contributed by atoms with E-state index in [1.165, 1.54) is 19.3 Å². The maximum atomic E-state index is 12.1. The lowest BCUT2D eigenvalue weighted by Gasteiger charge is -2.41. The number of hydrogen-bond donors (Lipinski definition) is 1. The Bertz CT molecular complexity index is 302. The van der Waals surface area contributed by atoms with Crippen LogP contribution in [0.1, 0.15) is 47.0 Å². The van der Waals surface area contributed by atoms with Gasteiger partial charge in [0.05, 0.1) is 0 Å². The van der Waals surface area contributed by atoms with E-state index >= 15 is 0 Å². The van der Waals surface area contributed by atoms with Crippen LogP contribution in [-0.2, 0) is 4.74 Å². The first-order valence-electron chi connectivity index (χ1n) is 7.79. The molecule has 0 spiro atoms. The average Bonchev–Trinajstić information content (AvgIpc) is 2.37. The summed E-state index contributed by atoms with van der Waals surface area (Å²) in [6.07, 6.45) is 3.47. The number of unbranched alkanes of at least 4 members (excludes halogenated alkanes) is 2. The van der Waals surface area contributed by atoms with Crippen LogP contribution in [0.4, 0.5) is 4.79 Å². The van der Waals surface area contributed by atoms with E-state index in [-0.39, 0.29) is 12.1 Å². The molecule has 1 aliphatic rings. The topological polar surface area (TPSA) is 58.8 Å². The SMILES string of the molecule is CCCCCN1CCN(C(=O)OC(C)(C)C)CC1CN. The lowest BCUT2D eigenvalue weighted by Crippen LogP contribution is -2.57. The van der Waals surface area contributed by atoms with Crippen molar-refractivity contribution in [3.63, 3.8) is 0 Å². The normalized spacial score (nSPS) is 21.1. The predicted octanol–water partition coefficient (Wildman–Crippen LogP) is 2.06. The number of nitrogens with zero attached hydrogens (tertiary/aromatic N) is 2. The highest BCUT2D eigenvalue weighted by molar-refractivity contribution is 5.68. The van der Waals surface area contributed by atoms with Crippen molar-refractivity contribution >= 4 is 6.09 Å². The number of nitrogens with two attached hydrogens (primary N) is 1. The van der Waals surface area contributed by atoms with Gasteiger partial charge in [-0.05, 0) is 33.7 Å². The van der Waals surface area contributed by atoms with Crippen LogP contribution in [0.2, 0.25) is 0 Å². The largest absolute Gasteiger partial charge is 0.444 e. The van der Waals surface area contributed by atoms with Crippen molar-refractivity contribution < 1.29 is 9.53 Å². The molecule has 2 N–H and O–H groups in total. The van der Waals surface area contributed by atoms with Gasteiger partial charge >= 0.3 is 6.09 Å². The smallest absolute Gasteiger partial charge is 0.410 e. The zero-order valence-corrected chi connectivity index (χ0v) is 13.5. The lowest BCUT2D eigenvalue weighted by atomic mass is 10.1. The molecule has 5 nitrogen and oxygen atoms in total. The van der Waals surface area contributed by atoms with Crippen LogP contribution in [0.5, 0.6) is 0 Å². The molecule has 0 aromatic heterocycles. The van der Waals surface area contributed by atoms with E-state index < -0.39 is 5.60 Å². The molecule has 1 fully saturated rings. The van der Waals surface area contributed by atoms with Gasteiger partial charge < -0.3 is 15.4 Å². The van der Waals surface area contributed by atoms with Gasteiger partial charge in [-0.25, -0.2) is 4.79 Å². The quantitative estimate of drug-likeness (QED) is 0.786. The molecule has 1 saturated heterocycles. The fourth-order valence-corrected chi connectivity index (χ4v) is 2.47. The van der Waals surface area contributed by atoms with Gasteiger partial charge in [-0.2, -0.15) is 0 Å². The van der Waals surface area contributed by atoms with Crippen LogP contribution < -0.4 is 5.73 Å². The number of ether oxygens (including phenoxy) is 1. The number of piperazine rings is 1. The molecule has 1 unspecified atom stereocenters. The number of carbonyl (C=O) groups is 1. The van der Waals surface area contributed by atoms with Crippen molar-refractivity contribution in [2.75, 3.05) is 32.7 Å².